The van der Waals surface area contributed by atoms with Gasteiger partial charge in [-0.15, -0.1) is 0 Å². The predicted molar refractivity (Wildman–Crippen MR) is 64.8 cm³/mol. The minimum absolute atomic E-state index is 0.422. The van der Waals surface area contributed by atoms with Gasteiger partial charge in [-0.25, -0.2) is 26.7 Å². The van der Waals surface area contributed by atoms with Crippen molar-refractivity contribution in [2.24, 2.45) is 0 Å². The van der Waals surface area contributed by atoms with Crippen LogP contribution in [0.5, 0.6) is 0 Å². The number of aliphatic hydroxyl groups is 1. The third-order valence-corrected chi connectivity index (χ3v) is 3.67. The fraction of sp³-hybridized carbons (Fsp3) is 0.364. The molecule has 20 heavy (non-hydrogen) atoms. The van der Waals surface area contributed by atoms with E-state index in [-0.39, 0.29) is 0 Å². The summed E-state index contributed by atoms with van der Waals surface area (Å²) in [6.45, 7) is 2.22. The van der Waals surface area contributed by atoms with Gasteiger partial charge in [0, 0.05) is 6.54 Å². The lowest BCUT2D eigenvalue weighted by Gasteiger charge is -2.18. The van der Waals surface area contributed by atoms with Crippen LogP contribution in [0.2, 0.25) is 0 Å². The number of sulfonamides is 1. The summed E-state index contributed by atoms with van der Waals surface area (Å²) in [6.07, 6.45) is 0. The molecule has 0 saturated heterocycles. The number of hydrogen-bond donors (Lipinski definition) is 3. The Morgan fingerprint density at radius 3 is 2.35 bits per heavy atom. The molecule has 6 nitrogen and oxygen atoms in total. The summed E-state index contributed by atoms with van der Waals surface area (Å²) >= 11 is 0. The molecular formula is C11H13F2NO5S. The van der Waals surface area contributed by atoms with Gasteiger partial charge in [0.2, 0.25) is 10.0 Å². The Kier molecular flexibility index (Phi) is 4.47. The minimum atomic E-state index is -4.41. The molecule has 0 unspecified atom stereocenters. The van der Waals surface area contributed by atoms with Gasteiger partial charge in [-0.3, -0.25) is 0 Å². The molecule has 0 bridgehead atoms. The van der Waals surface area contributed by atoms with Crippen LogP contribution in [-0.4, -0.2) is 36.7 Å². The predicted octanol–water partition coefficient (Wildman–Crippen LogP) is 0.712. The van der Waals surface area contributed by atoms with E-state index >= 15 is 0 Å². The van der Waals surface area contributed by atoms with Crippen LogP contribution < -0.4 is 4.72 Å². The highest BCUT2D eigenvalue weighted by molar-refractivity contribution is 7.89. The first-order valence-electron chi connectivity index (χ1n) is 5.39. The van der Waals surface area contributed by atoms with E-state index in [9.17, 15) is 27.1 Å². The third-order valence-electron chi connectivity index (χ3n) is 2.25. The summed E-state index contributed by atoms with van der Waals surface area (Å²) in [6, 6.07) is 1.16. The van der Waals surface area contributed by atoms with E-state index in [0.29, 0.717) is 12.1 Å². The topological polar surface area (TPSA) is 104 Å². The van der Waals surface area contributed by atoms with Crippen LogP contribution in [0.15, 0.2) is 17.0 Å². The molecular weight excluding hydrogens is 296 g/mol. The van der Waals surface area contributed by atoms with Crippen LogP contribution in [-0.2, 0) is 10.0 Å². The van der Waals surface area contributed by atoms with Gasteiger partial charge >= 0.3 is 5.97 Å². The highest BCUT2D eigenvalue weighted by atomic mass is 32.2. The zero-order valence-electron chi connectivity index (χ0n) is 10.6. The van der Waals surface area contributed by atoms with E-state index in [0.717, 1.165) is 0 Å². The van der Waals surface area contributed by atoms with Gasteiger partial charge in [-0.05, 0) is 26.0 Å². The van der Waals surface area contributed by atoms with Crippen molar-refractivity contribution in [1.82, 2.24) is 4.72 Å². The van der Waals surface area contributed by atoms with E-state index in [1.54, 1.807) is 0 Å². The SMILES string of the molecule is CC(C)(O)CNS(=O)(=O)c1ccc(F)c(C(=O)O)c1F. The molecule has 9 heteroatoms. The average molecular weight is 309 g/mol. The normalized spacial score (nSPS) is 12.4. The maximum atomic E-state index is 13.8. The molecule has 0 aliphatic rings. The highest BCUT2D eigenvalue weighted by Crippen LogP contribution is 2.21. The molecule has 0 aliphatic carbocycles. The van der Waals surface area contributed by atoms with Crippen LogP contribution >= 0.6 is 0 Å². The van der Waals surface area contributed by atoms with Crippen molar-refractivity contribution >= 4 is 16.0 Å². The molecule has 0 spiro atoms. The van der Waals surface area contributed by atoms with E-state index in [1.807, 2.05) is 4.72 Å². The number of carboxylic acids is 1. The quantitative estimate of drug-likeness (QED) is 0.743. The molecule has 0 radical (unpaired) electrons. The molecule has 0 aromatic heterocycles. The number of hydrogen-bond acceptors (Lipinski definition) is 4. The summed E-state index contributed by atoms with van der Waals surface area (Å²) < 4.78 is 52.5. The van der Waals surface area contributed by atoms with Crippen LogP contribution in [0.4, 0.5) is 8.78 Å². The number of halogens is 2. The fourth-order valence-corrected chi connectivity index (χ4v) is 2.57. The summed E-state index contributed by atoms with van der Waals surface area (Å²) in [4.78, 5) is 9.70. The minimum Gasteiger partial charge on any atom is -0.477 e. The Morgan fingerprint density at radius 2 is 1.90 bits per heavy atom. The number of aromatic carboxylic acids is 1. The van der Waals surface area contributed by atoms with Crippen molar-refractivity contribution in [3.8, 4) is 0 Å². The van der Waals surface area contributed by atoms with Crippen molar-refractivity contribution in [3.63, 3.8) is 0 Å². The Balaban J connectivity index is 3.27. The number of benzene rings is 1. The maximum Gasteiger partial charge on any atom is 0.341 e. The second kappa shape index (κ2) is 5.43. The molecule has 0 aliphatic heterocycles. The lowest BCUT2D eigenvalue weighted by atomic mass is 10.1. The van der Waals surface area contributed by atoms with Crippen LogP contribution in [0, 0.1) is 11.6 Å². The summed E-state index contributed by atoms with van der Waals surface area (Å²) in [5, 5.41) is 18.1. The monoisotopic (exact) mass is 309 g/mol. The lowest BCUT2D eigenvalue weighted by Crippen LogP contribution is -2.38. The second-order valence-electron chi connectivity index (χ2n) is 4.68. The number of rotatable bonds is 5. The molecule has 1 aromatic carbocycles. The standard InChI is InChI=1S/C11H13F2NO5S/c1-11(2,17)5-14-20(18,19)7-4-3-6(12)8(9(7)13)10(15)16/h3-4,14,17H,5H2,1-2H3,(H,15,16). The summed E-state index contributed by atoms with van der Waals surface area (Å²) in [5.74, 6) is -4.99. The first kappa shape index (κ1) is 16.5. The van der Waals surface area contributed by atoms with E-state index in [2.05, 4.69) is 0 Å². The van der Waals surface area contributed by atoms with Crippen LogP contribution in [0.25, 0.3) is 0 Å². The molecule has 1 aromatic rings. The molecule has 0 atom stereocenters. The second-order valence-corrected chi connectivity index (χ2v) is 6.41. The average Bonchev–Trinajstić information content (AvgIpc) is 2.24. The van der Waals surface area contributed by atoms with Gasteiger partial charge in [-0.1, -0.05) is 0 Å². The van der Waals surface area contributed by atoms with Gasteiger partial charge in [0.1, 0.15) is 16.3 Å². The van der Waals surface area contributed by atoms with Crippen LogP contribution in [0.1, 0.15) is 24.2 Å². The molecule has 112 valence electrons. The van der Waals surface area contributed by atoms with Crippen molar-refractivity contribution in [2.45, 2.75) is 24.3 Å². The number of carboxylic acid groups (broad SMARTS) is 1. The number of nitrogens with one attached hydrogen (secondary N) is 1. The zero-order chi connectivity index (χ0) is 15.7. The van der Waals surface area contributed by atoms with Gasteiger partial charge in [0.25, 0.3) is 0 Å². The number of carbonyl (C=O) groups is 1. The molecule has 0 heterocycles. The summed E-state index contributed by atoms with van der Waals surface area (Å²) in [5.41, 5.74) is -2.74. The van der Waals surface area contributed by atoms with Gasteiger partial charge < -0.3 is 10.2 Å². The third kappa shape index (κ3) is 3.71. The Labute approximate surface area is 114 Å². The Hall–Kier alpha value is -1.58. The highest BCUT2D eigenvalue weighted by Gasteiger charge is 2.28. The first-order chi connectivity index (χ1) is 8.96. The Morgan fingerprint density at radius 1 is 1.35 bits per heavy atom. The largest absolute Gasteiger partial charge is 0.477 e. The zero-order valence-corrected chi connectivity index (χ0v) is 11.5. The molecule has 1 rings (SSSR count). The van der Waals surface area contributed by atoms with Crippen molar-refractivity contribution in [3.05, 3.63) is 29.3 Å². The first-order valence-corrected chi connectivity index (χ1v) is 6.87. The smallest absolute Gasteiger partial charge is 0.341 e. The van der Waals surface area contributed by atoms with E-state index in [4.69, 9.17) is 5.11 Å². The van der Waals surface area contributed by atoms with Crippen molar-refractivity contribution in [1.29, 1.82) is 0 Å². The van der Waals surface area contributed by atoms with E-state index < -0.39 is 50.2 Å². The fourth-order valence-electron chi connectivity index (χ4n) is 1.29. The van der Waals surface area contributed by atoms with Gasteiger partial charge in [0.15, 0.2) is 5.82 Å². The van der Waals surface area contributed by atoms with Crippen molar-refractivity contribution < 1.29 is 32.2 Å². The molecule has 3 N–H and O–H groups in total. The van der Waals surface area contributed by atoms with Gasteiger partial charge in [-0.2, -0.15) is 0 Å². The maximum absolute atomic E-state index is 13.8. The van der Waals surface area contributed by atoms with Crippen molar-refractivity contribution in [2.75, 3.05) is 6.54 Å². The van der Waals surface area contributed by atoms with E-state index in [1.165, 1.54) is 13.8 Å². The van der Waals surface area contributed by atoms with Crippen LogP contribution in [0.3, 0.4) is 0 Å². The molecule has 0 amide bonds. The lowest BCUT2D eigenvalue weighted by molar-refractivity contribution is 0.0685. The Bertz CT molecular complexity index is 637. The summed E-state index contributed by atoms with van der Waals surface area (Å²) in [7, 11) is -4.41. The molecule has 0 saturated carbocycles. The molecule has 0 fully saturated rings. The van der Waals surface area contributed by atoms with Gasteiger partial charge in [0.05, 0.1) is 5.60 Å².